The Hall–Kier alpha value is -3.66. The second-order valence-electron chi connectivity index (χ2n) is 7.65. The fourth-order valence-electron chi connectivity index (χ4n) is 3.27. The molecule has 3 rings (SSSR count). The number of hydrazone groups is 1. The monoisotopic (exact) mass is 503 g/mol. The van der Waals surface area contributed by atoms with Crippen LogP contribution >= 0.6 is 0 Å². The molecule has 6 nitrogen and oxygen atoms in total. The highest BCUT2D eigenvalue weighted by molar-refractivity contribution is 6.03. The van der Waals surface area contributed by atoms with Crippen LogP contribution in [0.5, 0.6) is 5.75 Å². The van der Waals surface area contributed by atoms with Gasteiger partial charge in [0.15, 0.2) is 6.61 Å². The fourth-order valence-corrected chi connectivity index (χ4v) is 3.27. The van der Waals surface area contributed by atoms with Crippen molar-refractivity contribution in [2.24, 2.45) is 5.10 Å². The average Bonchev–Trinajstić information content (AvgIpc) is 3.16. The third kappa shape index (κ3) is 4.41. The molecule has 0 unspecified atom stereocenters. The number of carbonyl (C=O) groups is 1. The van der Waals surface area contributed by atoms with E-state index < -0.39 is 53.4 Å². The van der Waals surface area contributed by atoms with Crippen LogP contribution in [0.15, 0.2) is 53.6 Å². The summed E-state index contributed by atoms with van der Waals surface area (Å²) in [5, 5.41) is 22.6. The minimum atomic E-state index is -6.75. The van der Waals surface area contributed by atoms with Crippen LogP contribution in [0, 0.1) is 18.3 Å². The summed E-state index contributed by atoms with van der Waals surface area (Å²) in [5.74, 6) is -14.8. The molecule has 0 saturated carbocycles. The van der Waals surface area contributed by atoms with Crippen LogP contribution in [-0.4, -0.2) is 52.1 Å². The Balaban J connectivity index is 2.02. The van der Waals surface area contributed by atoms with Crippen LogP contribution < -0.4 is 4.74 Å². The van der Waals surface area contributed by atoms with E-state index in [1.165, 1.54) is 48.5 Å². The first-order valence-electron chi connectivity index (χ1n) is 9.80. The Morgan fingerprint density at radius 1 is 1.11 bits per heavy atom. The number of benzene rings is 2. The van der Waals surface area contributed by atoms with Crippen molar-refractivity contribution in [3.63, 3.8) is 0 Å². The molecule has 0 aliphatic carbocycles. The zero-order valence-corrected chi connectivity index (χ0v) is 17.8. The molecule has 2 aromatic carbocycles. The van der Waals surface area contributed by atoms with Gasteiger partial charge in [0, 0.05) is 6.42 Å². The lowest BCUT2D eigenvalue weighted by molar-refractivity contribution is -0.401. The van der Waals surface area contributed by atoms with Crippen LogP contribution in [0.4, 0.5) is 30.7 Å². The second-order valence-corrected chi connectivity index (χ2v) is 7.65. The molecule has 1 aliphatic heterocycles. The number of aryl methyl sites for hydroxylation is 1. The zero-order chi connectivity index (χ0) is 26.2. The Kier molecular flexibility index (Phi) is 6.56. The Bertz CT molecular complexity index is 1190. The van der Waals surface area contributed by atoms with Crippen molar-refractivity contribution in [3.05, 3.63) is 65.2 Å². The molecule has 1 N–H and O–H groups in total. The maximum atomic E-state index is 14.8. The lowest BCUT2D eigenvalue weighted by atomic mass is 9.91. The summed E-state index contributed by atoms with van der Waals surface area (Å²) in [6.07, 6.45) is -8.29. The van der Waals surface area contributed by atoms with Crippen molar-refractivity contribution in [2.45, 2.75) is 37.1 Å². The van der Waals surface area contributed by atoms with Gasteiger partial charge in [-0.25, -0.2) is 0 Å². The minimum Gasteiger partial charge on any atom is -0.482 e. The standard InChI is InChI=1S/C22H16F7N3O3/c1-13-6-8-14(9-7-13)16-10-19(34,20(23,24)21(25,26)22(27,28)29)32(31-16)18(33)12-35-17-5-3-2-4-15(17)11-30/h2-9,34H,10,12H2,1H3/t19-/m0/s1. The van der Waals surface area contributed by atoms with Crippen molar-refractivity contribution < 1.29 is 45.4 Å². The third-order valence-corrected chi connectivity index (χ3v) is 5.22. The number of hydrogen-bond donors (Lipinski definition) is 1. The Morgan fingerprint density at radius 3 is 2.29 bits per heavy atom. The lowest BCUT2D eigenvalue weighted by Gasteiger charge is -2.41. The summed E-state index contributed by atoms with van der Waals surface area (Å²) in [6.45, 7) is 0.459. The van der Waals surface area contributed by atoms with Crippen molar-refractivity contribution >= 4 is 11.6 Å². The first-order chi connectivity index (χ1) is 16.2. The average molecular weight is 503 g/mol. The third-order valence-electron chi connectivity index (χ3n) is 5.22. The summed E-state index contributed by atoms with van der Waals surface area (Å²) in [7, 11) is 0. The number of rotatable bonds is 6. The Morgan fingerprint density at radius 2 is 1.71 bits per heavy atom. The quantitative estimate of drug-likeness (QED) is 0.593. The SMILES string of the molecule is Cc1ccc(C2=NN(C(=O)COc3ccccc3C#N)[C@@](O)(C(F)(F)C(F)(F)C(F)(F)F)C2)cc1. The molecule has 186 valence electrons. The van der Waals surface area contributed by atoms with Gasteiger partial charge in [-0.05, 0) is 24.6 Å². The fraction of sp³-hybridized carbons (Fsp3) is 0.318. The van der Waals surface area contributed by atoms with E-state index in [-0.39, 0.29) is 16.9 Å². The van der Waals surface area contributed by atoms with Crippen molar-refractivity contribution in [1.29, 1.82) is 5.26 Å². The van der Waals surface area contributed by atoms with Gasteiger partial charge in [-0.15, -0.1) is 0 Å². The molecule has 1 atom stereocenters. The van der Waals surface area contributed by atoms with Crippen LogP contribution in [-0.2, 0) is 4.79 Å². The number of aliphatic hydroxyl groups is 1. The van der Waals surface area contributed by atoms with Gasteiger partial charge >= 0.3 is 18.0 Å². The highest BCUT2D eigenvalue weighted by Crippen LogP contribution is 2.54. The van der Waals surface area contributed by atoms with Crippen LogP contribution in [0.3, 0.4) is 0 Å². The summed E-state index contributed by atoms with van der Waals surface area (Å²) in [6, 6.07) is 12.7. The molecule has 0 spiro atoms. The topological polar surface area (TPSA) is 85.9 Å². The first-order valence-corrected chi connectivity index (χ1v) is 9.80. The van der Waals surface area contributed by atoms with Crippen LogP contribution in [0.1, 0.15) is 23.1 Å². The molecule has 0 fully saturated rings. The number of alkyl halides is 7. The van der Waals surface area contributed by atoms with E-state index >= 15 is 0 Å². The number of halogens is 7. The van der Waals surface area contributed by atoms with E-state index in [0.717, 1.165) is 0 Å². The van der Waals surface area contributed by atoms with Gasteiger partial charge < -0.3 is 9.84 Å². The molecule has 35 heavy (non-hydrogen) atoms. The molecule has 0 saturated heterocycles. The zero-order valence-electron chi connectivity index (χ0n) is 17.8. The molecule has 0 aromatic heterocycles. The van der Waals surface area contributed by atoms with E-state index in [4.69, 9.17) is 10.00 Å². The minimum absolute atomic E-state index is 0.00574. The normalized spacial score (nSPS) is 18.7. The van der Waals surface area contributed by atoms with Crippen molar-refractivity contribution in [3.8, 4) is 11.8 Å². The number of nitriles is 1. The first kappa shape index (κ1) is 26.0. The molecular formula is C22H16F7N3O3. The predicted molar refractivity (Wildman–Crippen MR) is 107 cm³/mol. The van der Waals surface area contributed by atoms with Gasteiger partial charge in [0.05, 0.1) is 11.3 Å². The number of amides is 1. The van der Waals surface area contributed by atoms with E-state index in [2.05, 4.69) is 5.10 Å². The number of carbonyl (C=O) groups excluding carboxylic acids is 1. The molecule has 1 amide bonds. The number of ether oxygens (including phenoxy) is 1. The van der Waals surface area contributed by atoms with E-state index in [0.29, 0.717) is 5.56 Å². The molecule has 13 heteroatoms. The number of hydrogen-bond acceptors (Lipinski definition) is 5. The summed E-state index contributed by atoms with van der Waals surface area (Å²) < 4.78 is 101. The molecule has 2 aromatic rings. The van der Waals surface area contributed by atoms with Gasteiger partial charge in [-0.1, -0.05) is 42.0 Å². The van der Waals surface area contributed by atoms with E-state index in [1.807, 2.05) is 0 Å². The Labute approximate surface area is 193 Å². The van der Waals surface area contributed by atoms with Gasteiger partial charge in [-0.3, -0.25) is 4.79 Å². The van der Waals surface area contributed by atoms with Gasteiger partial charge in [-0.2, -0.15) is 46.1 Å². The number of para-hydroxylation sites is 1. The van der Waals surface area contributed by atoms with Crippen molar-refractivity contribution in [2.75, 3.05) is 6.61 Å². The predicted octanol–water partition coefficient (Wildman–Crippen LogP) is 4.40. The molecule has 0 radical (unpaired) electrons. The van der Waals surface area contributed by atoms with Crippen LogP contribution in [0.25, 0.3) is 0 Å². The summed E-state index contributed by atoms with van der Waals surface area (Å²) >= 11 is 0. The molecular weight excluding hydrogens is 487 g/mol. The number of nitrogens with zero attached hydrogens (tertiary/aromatic N) is 3. The maximum Gasteiger partial charge on any atom is 0.460 e. The van der Waals surface area contributed by atoms with Gasteiger partial charge in [0.1, 0.15) is 11.8 Å². The van der Waals surface area contributed by atoms with Gasteiger partial charge in [0.25, 0.3) is 5.91 Å². The summed E-state index contributed by atoms with van der Waals surface area (Å²) in [5.41, 5.74) is -4.28. The van der Waals surface area contributed by atoms with Gasteiger partial charge in [0.2, 0.25) is 5.72 Å². The largest absolute Gasteiger partial charge is 0.482 e. The lowest BCUT2D eigenvalue weighted by Crippen LogP contribution is -2.69. The molecule has 1 aliphatic rings. The van der Waals surface area contributed by atoms with E-state index in [1.54, 1.807) is 13.0 Å². The second kappa shape index (κ2) is 8.84. The van der Waals surface area contributed by atoms with Crippen LogP contribution in [0.2, 0.25) is 0 Å². The molecule has 1 heterocycles. The van der Waals surface area contributed by atoms with E-state index in [9.17, 15) is 40.6 Å². The summed E-state index contributed by atoms with van der Waals surface area (Å²) in [4.78, 5) is 12.7. The maximum absolute atomic E-state index is 14.8. The highest BCUT2D eigenvalue weighted by atomic mass is 19.4. The van der Waals surface area contributed by atoms with Crippen molar-refractivity contribution in [1.82, 2.24) is 5.01 Å². The molecule has 0 bridgehead atoms. The smallest absolute Gasteiger partial charge is 0.460 e. The highest BCUT2D eigenvalue weighted by Gasteiger charge is 2.82.